The SMILES string of the molecule is CCOc1cc(/C=C(/C#N)C(=O)Nc2nnc(S(C)(=O)=O)s2)ccc1OCCOc1cc(C)cc(C)c1. The molecule has 1 aromatic heterocycles. The van der Waals surface area contributed by atoms with E-state index in [1.807, 2.05) is 39.0 Å². The minimum absolute atomic E-state index is 0.0339. The highest BCUT2D eigenvalue weighted by atomic mass is 32.2. The molecule has 2 aromatic carbocycles. The Labute approximate surface area is 219 Å². The average Bonchev–Trinajstić information content (AvgIpc) is 3.30. The Kier molecular flexibility index (Phi) is 9.21. The Hall–Kier alpha value is -3.95. The summed E-state index contributed by atoms with van der Waals surface area (Å²) in [6, 6.07) is 12.8. The zero-order valence-electron chi connectivity index (χ0n) is 20.8. The molecular weight excluding hydrogens is 516 g/mol. The fourth-order valence-corrected chi connectivity index (χ4v) is 4.72. The van der Waals surface area contributed by atoms with Crippen molar-refractivity contribution in [2.24, 2.45) is 0 Å². The molecule has 10 nitrogen and oxygen atoms in total. The van der Waals surface area contributed by atoms with Crippen molar-refractivity contribution in [3.63, 3.8) is 0 Å². The minimum atomic E-state index is -3.55. The molecule has 194 valence electrons. The molecule has 1 amide bonds. The fraction of sp³-hybridized carbons (Fsp3) is 0.280. The number of aryl methyl sites for hydroxylation is 2. The highest BCUT2D eigenvalue weighted by molar-refractivity contribution is 7.92. The molecule has 0 fully saturated rings. The monoisotopic (exact) mass is 542 g/mol. The van der Waals surface area contributed by atoms with Crippen molar-refractivity contribution < 1.29 is 27.4 Å². The normalized spacial score (nSPS) is 11.5. The van der Waals surface area contributed by atoms with E-state index >= 15 is 0 Å². The van der Waals surface area contributed by atoms with Gasteiger partial charge in [-0.2, -0.15) is 5.26 Å². The predicted molar refractivity (Wildman–Crippen MR) is 140 cm³/mol. The van der Waals surface area contributed by atoms with Crippen LogP contribution in [0.25, 0.3) is 6.08 Å². The molecule has 0 spiro atoms. The third kappa shape index (κ3) is 8.03. The van der Waals surface area contributed by atoms with Crippen molar-refractivity contribution in [1.82, 2.24) is 10.2 Å². The van der Waals surface area contributed by atoms with Crippen LogP contribution in [-0.4, -0.2) is 50.6 Å². The number of anilines is 1. The van der Waals surface area contributed by atoms with Gasteiger partial charge in [0.25, 0.3) is 5.91 Å². The Morgan fingerprint density at radius 1 is 1.05 bits per heavy atom. The second-order valence-corrected chi connectivity index (χ2v) is 11.1. The first kappa shape index (κ1) is 27.6. The lowest BCUT2D eigenvalue weighted by Gasteiger charge is -2.13. The van der Waals surface area contributed by atoms with Crippen LogP contribution in [-0.2, 0) is 14.6 Å². The van der Waals surface area contributed by atoms with Gasteiger partial charge in [-0.1, -0.05) is 23.5 Å². The van der Waals surface area contributed by atoms with E-state index in [1.54, 1.807) is 18.2 Å². The quantitative estimate of drug-likeness (QED) is 0.165. The lowest BCUT2D eigenvalue weighted by atomic mass is 10.1. The summed E-state index contributed by atoms with van der Waals surface area (Å²) in [5.74, 6) is 0.964. The molecule has 0 aliphatic carbocycles. The predicted octanol–water partition coefficient (Wildman–Crippen LogP) is 3.96. The van der Waals surface area contributed by atoms with Gasteiger partial charge in [-0.15, -0.1) is 10.2 Å². The van der Waals surface area contributed by atoms with Crippen LogP contribution in [0.15, 0.2) is 46.3 Å². The zero-order valence-corrected chi connectivity index (χ0v) is 22.4. The zero-order chi connectivity index (χ0) is 27.0. The smallest absolute Gasteiger partial charge is 0.268 e. The van der Waals surface area contributed by atoms with Crippen molar-refractivity contribution in [2.45, 2.75) is 25.1 Å². The van der Waals surface area contributed by atoms with Crippen LogP contribution in [0, 0.1) is 25.2 Å². The van der Waals surface area contributed by atoms with Crippen LogP contribution >= 0.6 is 11.3 Å². The van der Waals surface area contributed by atoms with Gasteiger partial charge in [0.1, 0.15) is 30.6 Å². The molecule has 3 aromatic rings. The summed E-state index contributed by atoms with van der Waals surface area (Å²) in [5, 5.41) is 19.0. The van der Waals surface area contributed by atoms with E-state index in [9.17, 15) is 18.5 Å². The fourth-order valence-electron chi connectivity index (χ4n) is 3.22. The number of hydrogen-bond donors (Lipinski definition) is 1. The Bertz CT molecular complexity index is 1440. The van der Waals surface area contributed by atoms with Gasteiger partial charge in [0.05, 0.1) is 6.61 Å². The summed E-state index contributed by atoms with van der Waals surface area (Å²) >= 11 is 0.697. The maximum atomic E-state index is 12.5. The van der Waals surface area contributed by atoms with Crippen molar-refractivity contribution in [3.05, 3.63) is 58.7 Å². The lowest BCUT2D eigenvalue weighted by molar-refractivity contribution is -0.112. The van der Waals surface area contributed by atoms with Crippen LogP contribution in [0.3, 0.4) is 0 Å². The molecule has 0 aliphatic rings. The van der Waals surface area contributed by atoms with Crippen LogP contribution in [0.2, 0.25) is 0 Å². The summed E-state index contributed by atoms with van der Waals surface area (Å²) in [6.45, 7) is 6.84. The number of amides is 1. The average molecular weight is 543 g/mol. The van der Waals surface area contributed by atoms with Crippen molar-refractivity contribution >= 4 is 38.3 Å². The van der Waals surface area contributed by atoms with Gasteiger partial charge >= 0.3 is 0 Å². The van der Waals surface area contributed by atoms with Crippen molar-refractivity contribution in [3.8, 4) is 23.3 Å². The van der Waals surface area contributed by atoms with Gasteiger partial charge in [0.15, 0.2) is 11.5 Å². The molecule has 0 unspecified atom stereocenters. The van der Waals surface area contributed by atoms with Gasteiger partial charge in [0.2, 0.25) is 19.3 Å². The van der Waals surface area contributed by atoms with Gasteiger partial charge in [-0.05, 0) is 67.8 Å². The molecule has 0 bridgehead atoms. The molecule has 0 saturated carbocycles. The number of carbonyl (C=O) groups is 1. The van der Waals surface area contributed by atoms with Crippen molar-refractivity contribution in [2.75, 3.05) is 31.4 Å². The highest BCUT2D eigenvalue weighted by Crippen LogP contribution is 2.30. The van der Waals surface area contributed by atoms with E-state index < -0.39 is 15.7 Å². The molecule has 0 aliphatic heterocycles. The molecule has 12 heteroatoms. The first-order valence-corrected chi connectivity index (χ1v) is 13.9. The molecule has 0 atom stereocenters. The number of nitrogens with zero attached hydrogens (tertiary/aromatic N) is 3. The third-order valence-corrected chi connectivity index (χ3v) is 7.20. The molecule has 0 saturated heterocycles. The molecule has 37 heavy (non-hydrogen) atoms. The Morgan fingerprint density at radius 2 is 1.76 bits per heavy atom. The second kappa shape index (κ2) is 12.3. The topological polar surface area (TPSA) is 140 Å². The summed E-state index contributed by atoms with van der Waals surface area (Å²) in [7, 11) is -3.55. The number of nitrogens with one attached hydrogen (secondary N) is 1. The summed E-state index contributed by atoms with van der Waals surface area (Å²) < 4.78 is 40.2. The molecule has 3 rings (SSSR count). The molecule has 1 N–H and O–H groups in total. The lowest BCUT2D eigenvalue weighted by Crippen LogP contribution is -2.13. The maximum Gasteiger partial charge on any atom is 0.268 e. The van der Waals surface area contributed by atoms with E-state index in [-0.39, 0.29) is 21.7 Å². The first-order chi connectivity index (χ1) is 17.6. The van der Waals surface area contributed by atoms with E-state index in [0.29, 0.717) is 41.6 Å². The standard InChI is InChI=1S/C25H26N4O6S2/c1-5-33-22-14-18(6-7-21(22)35-9-8-34-20-11-16(2)10-17(3)12-20)13-19(15-26)23(30)27-24-28-29-25(36-24)37(4,31)32/h6-7,10-14H,5,8-9H2,1-4H3,(H,27,28,30)/b19-13-. The largest absolute Gasteiger partial charge is 0.490 e. The van der Waals surface area contributed by atoms with E-state index in [4.69, 9.17) is 14.2 Å². The molecular formula is C25H26N4O6S2. The van der Waals surface area contributed by atoms with Gasteiger partial charge in [0, 0.05) is 6.26 Å². The Morgan fingerprint density at radius 3 is 2.38 bits per heavy atom. The number of ether oxygens (including phenoxy) is 3. The van der Waals surface area contributed by atoms with E-state index in [0.717, 1.165) is 23.1 Å². The first-order valence-electron chi connectivity index (χ1n) is 11.2. The number of carbonyl (C=O) groups excluding carboxylic acids is 1. The van der Waals surface area contributed by atoms with Crippen LogP contribution in [0.5, 0.6) is 17.2 Å². The second-order valence-electron chi connectivity index (χ2n) is 7.93. The third-order valence-electron chi connectivity index (χ3n) is 4.69. The van der Waals surface area contributed by atoms with Crippen LogP contribution < -0.4 is 19.5 Å². The van der Waals surface area contributed by atoms with Crippen LogP contribution in [0.1, 0.15) is 23.6 Å². The Balaban J connectivity index is 1.68. The summed E-state index contributed by atoms with van der Waals surface area (Å²) in [5.41, 5.74) is 2.55. The minimum Gasteiger partial charge on any atom is -0.490 e. The number of sulfone groups is 1. The van der Waals surface area contributed by atoms with Gasteiger partial charge in [-0.3, -0.25) is 10.1 Å². The molecule has 0 radical (unpaired) electrons. The van der Waals surface area contributed by atoms with Crippen molar-refractivity contribution in [1.29, 1.82) is 5.26 Å². The highest BCUT2D eigenvalue weighted by Gasteiger charge is 2.18. The number of aromatic nitrogens is 2. The number of rotatable bonds is 11. The summed E-state index contributed by atoms with van der Waals surface area (Å²) in [4.78, 5) is 12.5. The van der Waals surface area contributed by atoms with E-state index in [2.05, 4.69) is 21.6 Å². The maximum absolute atomic E-state index is 12.5. The van der Waals surface area contributed by atoms with E-state index in [1.165, 1.54) is 6.08 Å². The summed E-state index contributed by atoms with van der Waals surface area (Å²) in [6.07, 6.45) is 2.37. The number of hydrogen-bond acceptors (Lipinski definition) is 10. The number of nitriles is 1. The van der Waals surface area contributed by atoms with Crippen LogP contribution in [0.4, 0.5) is 5.13 Å². The molecule has 1 heterocycles. The van der Waals surface area contributed by atoms with Gasteiger partial charge in [-0.25, -0.2) is 8.42 Å². The number of benzene rings is 2. The van der Waals surface area contributed by atoms with Gasteiger partial charge < -0.3 is 14.2 Å².